The van der Waals surface area contributed by atoms with Crippen molar-refractivity contribution in [1.29, 1.82) is 0 Å². The molecule has 0 atom stereocenters. The quantitative estimate of drug-likeness (QED) is 0.832. The lowest BCUT2D eigenvalue weighted by Gasteiger charge is -2.06. The van der Waals surface area contributed by atoms with E-state index in [0.717, 1.165) is 5.01 Å². The van der Waals surface area contributed by atoms with Gasteiger partial charge in [-0.3, -0.25) is 0 Å². The highest BCUT2D eigenvalue weighted by atomic mass is 32.1. The number of methoxy groups -OCH3 is 1. The molecule has 7 heteroatoms. The van der Waals surface area contributed by atoms with Crippen molar-refractivity contribution in [2.75, 3.05) is 18.2 Å². The molecule has 0 aliphatic rings. The zero-order chi connectivity index (χ0) is 12.1. The van der Waals surface area contributed by atoms with Crippen molar-refractivity contribution in [3.63, 3.8) is 0 Å². The molecule has 0 bridgehead atoms. The minimum absolute atomic E-state index is 0.344. The molecule has 0 spiro atoms. The Morgan fingerprint density at radius 2 is 2.35 bits per heavy atom. The first-order valence-corrected chi connectivity index (χ1v) is 5.90. The van der Waals surface area contributed by atoms with Crippen LogP contribution in [0.3, 0.4) is 0 Å². The molecular formula is C10H13N5OS. The molecule has 0 aliphatic carbocycles. The second-order valence-corrected chi connectivity index (χ2v) is 4.29. The number of ether oxygens (including phenoxy) is 1. The first kappa shape index (κ1) is 11.7. The molecule has 0 radical (unpaired) electrons. The molecular weight excluding hydrogens is 238 g/mol. The van der Waals surface area contributed by atoms with Crippen LogP contribution >= 0.6 is 11.3 Å². The summed E-state index contributed by atoms with van der Waals surface area (Å²) in [4.78, 5) is 12.5. The van der Waals surface area contributed by atoms with Gasteiger partial charge in [0.15, 0.2) is 5.82 Å². The van der Waals surface area contributed by atoms with Gasteiger partial charge in [-0.05, 0) is 0 Å². The number of anilines is 2. The number of thiazole rings is 1. The van der Waals surface area contributed by atoms with Crippen molar-refractivity contribution in [1.82, 2.24) is 15.0 Å². The minimum Gasteiger partial charge on any atom is -0.384 e. The number of nitrogens with one attached hydrogen (secondary N) is 1. The van der Waals surface area contributed by atoms with Crippen molar-refractivity contribution in [2.24, 2.45) is 0 Å². The second kappa shape index (κ2) is 5.55. The summed E-state index contributed by atoms with van der Waals surface area (Å²) in [6.07, 6.45) is 1.77. The fraction of sp³-hybridized carbons (Fsp3) is 0.300. The number of nitrogen functional groups attached to an aromatic ring is 1. The van der Waals surface area contributed by atoms with Crippen LogP contribution in [0.1, 0.15) is 10.8 Å². The summed E-state index contributed by atoms with van der Waals surface area (Å²) in [7, 11) is 1.59. The van der Waals surface area contributed by atoms with Crippen LogP contribution in [0.15, 0.2) is 17.6 Å². The zero-order valence-corrected chi connectivity index (χ0v) is 10.2. The summed E-state index contributed by atoms with van der Waals surface area (Å²) in [6.45, 7) is 0.970. The van der Waals surface area contributed by atoms with Gasteiger partial charge in [-0.1, -0.05) is 0 Å². The van der Waals surface area contributed by atoms with Crippen LogP contribution in [0, 0.1) is 0 Å². The van der Waals surface area contributed by atoms with E-state index < -0.39 is 0 Å². The predicted molar refractivity (Wildman–Crippen MR) is 66.6 cm³/mol. The van der Waals surface area contributed by atoms with E-state index in [1.807, 2.05) is 5.38 Å². The largest absolute Gasteiger partial charge is 0.384 e. The van der Waals surface area contributed by atoms with Crippen LogP contribution in [0.25, 0.3) is 0 Å². The Kier molecular flexibility index (Phi) is 3.84. The van der Waals surface area contributed by atoms with Gasteiger partial charge in [0, 0.05) is 24.8 Å². The highest BCUT2D eigenvalue weighted by molar-refractivity contribution is 7.09. The van der Waals surface area contributed by atoms with E-state index in [-0.39, 0.29) is 0 Å². The lowest BCUT2D eigenvalue weighted by atomic mass is 10.5. The molecule has 0 saturated carbocycles. The first-order chi connectivity index (χ1) is 8.28. The number of aromatic nitrogens is 3. The van der Waals surface area contributed by atoms with E-state index in [4.69, 9.17) is 10.5 Å². The molecule has 0 saturated heterocycles. The van der Waals surface area contributed by atoms with E-state index in [9.17, 15) is 0 Å². The smallest absolute Gasteiger partial charge is 0.158 e. The van der Waals surface area contributed by atoms with Gasteiger partial charge in [-0.2, -0.15) is 0 Å². The number of nitrogens with zero attached hydrogens (tertiary/aromatic N) is 3. The molecule has 0 amide bonds. The summed E-state index contributed by atoms with van der Waals surface area (Å²) in [5.41, 5.74) is 5.68. The van der Waals surface area contributed by atoms with Crippen molar-refractivity contribution in [3.05, 3.63) is 28.5 Å². The van der Waals surface area contributed by atoms with E-state index in [0.29, 0.717) is 30.6 Å². The molecule has 0 aliphatic heterocycles. The molecule has 2 aromatic rings. The fourth-order valence-electron chi connectivity index (χ4n) is 1.31. The SMILES string of the molecule is COCc1nc(N)cc(NCc2nccs2)n1. The molecule has 0 unspecified atom stereocenters. The Labute approximate surface area is 103 Å². The van der Waals surface area contributed by atoms with E-state index in [2.05, 4.69) is 20.3 Å². The maximum Gasteiger partial charge on any atom is 0.158 e. The average Bonchev–Trinajstić information content (AvgIpc) is 2.79. The Hall–Kier alpha value is -1.73. The van der Waals surface area contributed by atoms with Gasteiger partial charge in [-0.15, -0.1) is 11.3 Å². The van der Waals surface area contributed by atoms with Crippen LogP contribution in [-0.4, -0.2) is 22.1 Å². The number of rotatable bonds is 5. The summed E-state index contributed by atoms with van der Waals surface area (Å²) in [5, 5.41) is 6.08. The van der Waals surface area contributed by atoms with Crippen molar-refractivity contribution in [2.45, 2.75) is 13.2 Å². The monoisotopic (exact) mass is 251 g/mol. The predicted octanol–water partition coefficient (Wildman–Crippen LogP) is 1.27. The summed E-state index contributed by atoms with van der Waals surface area (Å²) in [6, 6.07) is 1.69. The lowest BCUT2D eigenvalue weighted by molar-refractivity contribution is 0.178. The van der Waals surface area contributed by atoms with Gasteiger partial charge < -0.3 is 15.8 Å². The maximum atomic E-state index is 5.68. The minimum atomic E-state index is 0.344. The Balaban J connectivity index is 2.04. The maximum absolute atomic E-state index is 5.68. The Morgan fingerprint density at radius 1 is 1.47 bits per heavy atom. The fourth-order valence-corrected chi connectivity index (χ4v) is 1.86. The van der Waals surface area contributed by atoms with Gasteiger partial charge in [-0.25, -0.2) is 15.0 Å². The van der Waals surface area contributed by atoms with E-state index >= 15 is 0 Å². The third-order valence-electron chi connectivity index (χ3n) is 1.97. The zero-order valence-electron chi connectivity index (χ0n) is 9.38. The number of nitrogens with two attached hydrogens (primary N) is 1. The van der Waals surface area contributed by atoms with Gasteiger partial charge in [0.05, 0.1) is 6.54 Å². The average molecular weight is 251 g/mol. The van der Waals surface area contributed by atoms with Crippen LogP contribution in [0.4, 0.5) is 11.6 Å². The van der Waals surface area contributed by atoms with Gasteiger partial charge in [0.2, 0.25) is 0 Å². The molecule has 3 N–H and O–H groups in total. The third kappa shape index (κ3) is 3.36. The van der Waals surface area contributed by atoms with Crippen molar-refractivity contribution >= 4 is 23.0 Å². The lowest BCUT2D eigenvalue weighted by Crippen LogP contribution is -2.07. The standard InChI is InChI=1S/C10H13N5OS/c1-16-6-9-14-7(11)4-8(15-9)13-5-10-12-2-3-17-10/h2-4H,5-6H2,1H3,(H3,11,13,14,15). The summed E-state index contributed by atoms with van der Waals surface area (Å²) < 4.78 is 4.97. The van der Waals surface area contributed by atoms with Gasteiger partial charge in [0.1, 0.15) is 23.3 Å². The molecule has 0 aromatic carbocycles. The molecule has 17 heavy (non-hydrogen) atoms. The van der Waals surface area contributed by atoms with Crippen molar-refractivity contribution in [3.8, 4) is 0 Å². The van der Waals surface area contributed by atoms with Gasteiger partial charge >= 0.3 is 0 Å². The Morgan fingerprint density at radius 3 is 3.06 bits per heavy atom. The molecule has 2 aromatic heterocycles. The topological polar surface area (TPSA) is 86.0 Å². The Bertz CT molecular complexity index is 474. The number of hydrogen-bond donors (Lipinski definition) is 2. The van der Waals surface area contributed by atoms with E-state index in [1.165, 1.54) is 0 Å². The second-order valence-electron chi connectivity index (χ2n) is 3.31. The highest BCUT2D eigenvalue weighted by Gasteiger charge is 2.03. The summed E-state index contributed by atoms with van der Waals surface area (Å²) in [5.74, 6) is 1.67. The van der Waals surface area contributed by atoms with Crippen LogP contribution in [-0.2, 0) is 17.9 Å². The van der Waals surface area contributed by atoms with Crippen LogP contribution in [0.2, 0.25) is 0 Å². The van der Waals surface area contributed by atoms with Crippen molar-refractivity contribution < 1.29 is 4.74 Å². The highest BCUT2D eigenvalue weighted by Crippen LogP contribution is 2.11. The normalized spacial score (nSPS) is 10.4. The van der Waals surface area contributed by atoms with Crippen LogP contribution < -0.4 is 11.1 Å². The molecule has 90 valence electrons. The van der Waals surface area contributed by atoms with Crippen LogP contribution in [0.5, 0.6) is 0 Å². The molecule has 0 fully saturated rings. The number of hydrogen-bond acceptors (Lipinski definition) is 7. The molecule has 2 heterocycles. The third-order valence-corrected chi connectivity index (χ3v) is 2.75. The molecule has 6 nitrogen and oxygen atoms in total. The molecule has 2 rings (SSSR count). The summed E-state index contributed by atoms with van der Waals surface area (Å²) >= 11 is 1.59. The van der Waals surface area contributed by atoms with Gasteiger partial charge in [0.25, 0.3) is 0 Å². The first-order valence-electron chi connectivity index (χ1n) is 5.02. The van der Waals surface area contributed by atoms with E-state index in [1.54, 1.807) is 30.7 Å².